The molecule has 0 radical (unpaired) electrons. The van der Waals surface area contributed by atoms with E-state index in [1.54, 1.807) is 18.3 Å². The standard InChI is InChI=1S/C14H15Cl2N3O2/c1-9(11-3-2-10(15)6-12(11)16)18-13-7-17-8-14(19-13)21-5-4-20/h2-3,6-9,20H,4-5H2,1H3,(H,18,19)/t9-/m0/s1. The van der Waals surface area contributed by atoms with Gasteiger partial charge in [0.05, 0.1) is 25.0 Å². The first-order valence-corrected chi connectivity index (χ1v) is 7.13. The molecule has 1 atom stereocenters. The van der Waals surface area contributed by atoms with Crippen LogP contribution in [0.15, 0.2) is 30.6 Å². The number of aromatic nitrogens is 2. The molecule has 2 rings (SSSR count). The molecule has 5 nitrogen and oxygen atoms in total. The summed E-state index contributed by atoms with van der Waals surface area (Å²) in [4.78, 5) is 8.28. The monoisotopic (exact) mass is 327 g/mol. The van der Waals surface area contributed by atoms with Crippen molar-refractivity contribution in [2.45, 2.75) is 13.0 Å². The molecule has 21 heavy (non-hydrogen) atoms. The van der Waals surface area contributed by atoms with Gasteiger partial charge < -0.3 is 15.2 Å². The molecule has 2 aromatic rings. The van der Waals surface area contributed by atoms with Gasteiger partial charge >= 0.3 is 0 Å². The fourth-order valence-corrected chi connectivity index (χ4v) is 2.36. The lowest BCUT2D eigenvalue weighted by Gasteiger charge is -2.16. The van der Waals surface area contributed by atoms with Gasteiger partial charge in [0.15, 0.2) is 0 Å². The van der Waals surface area contributed by atoms with Crippen LogP contribution in [0.2, 0.25) is 10.0 Å². The Morgan fingerprint density at radius 3 is 2.86 bits per heavy atom. The van der Waals surface area contributed by atoms with Crippen LogP contribution in [-0.2, 0) is 0 Å². The third-order valence-corrected chi connectivity index (χ3v) is 3.31. The molecule has 0 fully saturated rings. The number of rotatable bonds is 6. The zero-order chi connectivity index (χ0) is 15.2. The van der Waals surface area contributed by atoms with Crippen molar-refractivity contribution in [1.82, 2.24) is 9.97 Å². The zero-order valence-corrected chi connectivity index (χ0v) is 12.9. The Hall–Kier alpha value is -1.56. The lowest BCUT2D eigenvalue weighted by atomic mass is 10.1. The summed E-state index contributed by atoms with van der Waals surface area (Å²) < 4.78 is 5.22. The summed E-state index contributed by atoms with van der Waals surface area (Å²) in [6.45, 7) is 2.06. The number of nitrogens with one attached hydrogen (secondary N) is 1. The van der Waals surface area contributed by atoms with Crippen molar-refractivity contribution in [3.05, 3.63) is 46.2 Å². The van der Waals surface area contributed by atoms with E-state index in [1.165, 1.54) is 6.20 Å². The Labute approximate surface area is 132 Å². The number of aliphatic hydroxyl groups excluding tert-OH is 1. The van der Waals surface area contributed by atoms with Gasteiger partial charge in [0, 0.05) is 10.0 Å². The molecule has 112 valence electrons. The maximum atomic E-state index is 8.73. The van der Waals surface area contributed by atoms with Gasteiger partial charge in [0.2, 0.25) is 5.88 Å². The molecule has 0 saturated heterocycles. The molecule has 7 heteroatoms. The second-order valence-corrected chi connectivity index (χ2v) is 5.19. The molecule has 2 N–H and O–H groups in total. The number of benzene rings is 1. The average molecular weight is 328 g/mol. The summed E-state index contributed by atoms with van der Waals surface area (Å²) in [5.41, 5.74) is 0.907. The highest BCUT2D eigenvalue weighted by molar-refractivity contribution is 6.35. The number of ether oxygens (including phenoxy) is 1. The summed E-state index contributed by atoms with van der Waals surface area (Å²) in [6.07, 6.45) is 3.08. The third-order valence-electron chi connectivity index (χ3n) is 2.75. The van der Waals surface area contributed by atoms with Crippen LogP contribution in [0.4, 0.5) is 5.82 Å². The third kappa shape index (κ3) is 4.46. The molecule has 1 aromatic carbocycles. The van der Waals surface area contributed by atoms with Crippen LogP contribution in [0.1, 0.15) is 18.5 Å². The van der Waals surface area contributed by atoms with Crippen LogP contribution in [0, 0.1) is 0 Å². The Balaban J connectivity index is 2.10. The van der Waals surface area contributed by atoms with Gasteiger partial charge in [-0.25, -0.2) is 0 Å². The molecule has 1 heterocycles. The van der Waals surface area contributed by atoms with Gasteiger partial charge in [-0.3, -0.25) is 4.98 Å². The molecule has 0 unspecified atom stereocenters. The number of anilines is 1. The Kier molecular flexibility index (Phi) is 5.61. The number of halogens is 2. The fourth-order valence-electron chi connectivity index (χ4n) is 1.79. The summed E-state index contributed by atoms with van der Waals surface area (Å²) in [5, 5.41) is 13.1. The van der Waals surface area contributed by atoms with Crippen molar-refractivity contribution in [2.24, 2.45) is 0 Å². The number of nitrogens with zero attached hydrogens (tertiary/aromatic N) is 2. The Morgan fingerprint density at radius 1 is 1.33 bits per heavy atom. The largest absolute Gasteiger partial charge is 0.474 e. The second-order valence-electron chi connectivity index (χ2n) is 4.35. The highest BCUT2D eigenvalue weighted by Crippen LogP contribution is 2.28. The van der Waals surface area contributed by atoms with Crippen molar-refractivity contribution in [2.75, 3.05) is 18.5 Å². The zero-order valence-electron chi connectivity index (χ0n) is 11.4. The first-order valence-electron chi connectivity index (χ1n) is 6.37. The maximum absolute atomic E-state index is 8.73. The normalized spacial score (nSPS) is 12.0. The SMILES string of the molecule is C[C@H](Nc1cncc(OCCO)n1)c1ccc(Cl)cc1Cl. The predicted molar refractivity (Wildman–Crippen MR) is 83.1 cm³/mol. The van der Waals surface area contributed by atoms with E-state index >= 15 is 0 Å². The topological polar surface area (TPSA) is 67.3 Å². The first-order chi connectivity index (χ1) is 10.1. The summed E-state index contributed by atoms with van der Waals surface area (Å²) in [7, 11) is 0. The van der Waals surface area contributed by atoms with E-state index in [4.69, 9.17) is 33.0 Å². The van der Waals surface area contributed by atoms with Crippen LogP contribution in [0.3, 0.4) is 0 Å². The Bertz CT molecular complexity index is 611. The van der Waals surface area contributed by atoms with Crippen LogP contribution >= 0.6 is 23.2 Å². The van der Waals surface area contributed by atoms with Crippen molar-refractivity contribution < 1.29 is 9.84 Å². The Morgan fingerprint density at radius 2 is 2.14 bits per heavy atom. The van der Waals surface area contributed by atoms with Gasteiger partial charge in [-0.05, 0) is 24.6 Å². The molecule has 0 aliphatic carbocycles. The number of hydrogen-bond acceptors (Lipinski definition) is 5. The van der Waals surface area contributed by atoms with E-state index in [0.717, 1.165) is 5.56 Å². The summed E-state index contributed by atoms with van der Waals surface area (Å²) in [6, 6.07) is 5.27. The van der Waals surface area contributed by atoms with Crippen molar-refractivity contribution in [3.8, 4) is 5.88 Å². The second kappa shape index (κ2) is 7.45. The van der Waals surface area contributed by atoms with Crippen molar-refractivity contribution in [3.63, 3.8) is 0 Å². The van der Waals surface area contributed by atoms with Crippen molar-refractivity contribution in [1.29, 1.82) is 0 Å². The van der Waals surface area contributed by atoms with Gasteiger partial charge in [0.25, 0.3) is 0 Å². The average Bonchev–Trinajstić information content (AvgIpc) is 2.45. The van der Waals surface area contributed by atoms with Gasteiger partial charge in [-0.2, -0.15) is 4.98 Å². The molecular formula is C14H15Cl2N3O2. The summed E-state index contributed by atoms with van der Waals surface area (Å²) in [5.74, 6) is 0.910. The van der Waals surface area contributed by atoms with Gasteiger partial charge in [-0.15, -0.1) is 0 Å². The van der Waals surface area contributed by atoms with E-state index in [1.807, 2.05) is 13.0 Å². The van der Waals surface area contributed by atoms with Crippen LogP contribution in [0.25, 0.3) is 0 Å². The smallest absolute Gasteiger partial charge is 0.234 e. The summed E-state index contributed by atoms with van der Waals surface area (Å²) >= 11 is 12.1. The number of hydrogen-bond donors (Lipinski definition) is 2. The number of aliphatic hydroxyl groups is 1. The van der Waals surface area contributed by atoms with Crippen LogP contribution in [0.5, 0.6) is 5.88 Å². The van der Waals surface area contributed by atoms with Crippen molar-refractivity contribution >= 4 is 29.0 Å². The predicted octanol–water partition coefficient (Wildman–Crippen LogP) is 3.33. The molecule has 0 amide bonds. The van der Waals surface area contributed by atoms with E-state index < -0.39 is 0 Å². The quantitative estimate of drug-likeness (QED) is 0.851. The molecular weight excluding hydrogens is 313 g/mol. The molecule has 0 aliphatic rings. The van der Waals surface area contributed by atoms with E-state index in [2.05, 4.69) is 15.3 Å². The molecule has 1 aromatic heterocycles. The molecule has 0 saturated carbocycles. The minimum Gasteiger partial charge on any atom is -0.474 e. The van der Waals surface area contributed by atoms with Crippen LogP contribution in [-0.4, -0.2) is 28.3 Å². The lowest BCUT2D eigenvalue weighted by molar-refractivity contribution is 0.196. The van der Waals surface area contributed by atoms with E-state index in [0.29, 0.717) is 21.7 Å². The highest BCUT2D eigenvalue weighted by atomic mass is 35.5. The fraction of sp³-hybridized carbons (Fsp3) is 0.286. The highest BCUT2D eigenvalue weighted by Gasteiger charge is 2.11. The minimum atomic E-state index is -0.0733. The van der Waals surface area contributed by atoms with Gasteiger partial charge in [-0.1, -0.05) is 29.3 Å². The molecule has 0 bridgehead atoms. The first kappa shape index (κ1) is 15.8. The minimum absolute atomic E-state index is 0.0721. The van der Waals surface area contributed by atoms with Gasteiger partial charge in [0.1, 0.15) is 12.4 Å². The maximum Gasteiger partial charge on any atom is 0.234 e. The molecule has 0 aliphatic heterocycles. The lowest BCUT2D eigenvalue weighted by Crippen LogP contribution is -2.10. The molecule has 0 spiro atoms. The van der Waals surface area contributed by atoms with E-state index in [-0.39, 0.29) is 19.3 Å². The van der Waals surface area contributed by atoms with Crippen LogP contribution < -0.4 is 10.1 Å². The van der Waals surface area contributed by atoms with E-state index in [9.17, 15) is 0 Å².